The van der Waals surface area contributed by atoms with Crippen molar-refractivity contribution in [3.8, 4) is 0 Å². The van der Waals surface area contributed by atoms with E-state index in [1.807, 2.05) is 0 Å². The van der Waals surface area contributed by atoms with Crippen molar-refractivity contribution in [2.45, 2.75) is 238 Å². The topological polar surface area (TPSA) is 215 Å². The minimum Gasteiger partial charge on any atom is -0.370 e. The molecule has 1 atom stereocenters. The summed E-state index contributed by atoms with van der Waals surface area (Å²) in [6, 6.07) is -0.895. The SMILES string of the molecule is CCCCCCCC/C=C\CCCCCCCC(=O)NCCCN(CCCNC(=O)CCCCCCC/C=C\CCCCCCCC)C(=O)CCC(=O)N[C@@H](CCCN=C(N)N)C(N)=O. The van der Waals surface area contributed by atoms with E-state index < -0.39 is 17.9 Å². The Kier molecular flexibility index (Phi) is 43.8. The number of unbranched alkanes of at least 4 members (excludes halogenated alkanes) is 22. The molecule has 0 bridgehead atoms. The van der Waals surface area contributed by atoms with E-state index >= 15 is 0 Å². The van der Waals surface area contributed by atoms with Crippen LogP contribution in [0.15, 0.2) is 29.3 Å². The molecule has 0 aliphatic rings. The molecule has 0 aromatic heterocycles. The molecule has 0 radical (unpaired) electrons. The van der Waals surface area contributed by atoms with Gasteiger partial charge in [-0.2, -0.15) is 0 Å². The summed E-state index contributed by atoms with van der Waals surface area (Å²) >= 11 is 0. The van der Waals surface area contributed by atoms with Crippen molar-refractivity contribution in [1.82, 2.24) is 20.9 Å². The Morgan fingerprint density at radius 1 is 0.477 bits per heavy atom. The molecule has 65 heavy (non-hydrogen) atoms. The van der Waals surface area contributed by atoms with Gasteiger partial charge in [0, 0.05) is 58.4 Å². The Hall–Kier alpha value is -3.90. The van der Waals surface area contributed by atoms with Gasteiger partial charge in [-0.25, -0.2) is 0 Å². The second-order valence-corrected chi connectivity index (χ2v) is 17.9. The summed E-state index contributed by atoms with van der Waals surface area (Å²) in [4.78, 5) is 68.7. The molecule has 0 aromatic rings. The number of nitrogens with two attached hydrogens (primary N) is 3. The third-order valence-corrected chi connectivity index (χ3v) is 11.7. The minimum absolute atomic E-state index is 0.0217. The predicted octanol–water partition coefficient (Wildman–Crippen LogP) is 9.71. The number of primary amides is 1. The van der Waals surface area contributed by atoms with Crippen molar-refractivity contribution in [1.29, 1.82) is 0 Å². The summed E-state index contributed by atoms with van der Waals surface area (Å²) in [6.45, 7) is 6.51. The lowest BCUT2D eigenvalue weighted by Crippen LogP contribution is -2.45. The maximum absolute atomic E-state index is 13.4. The fourth-order valence-corrected chi connectivity index (χ4v) is 7.68. The van der Waals surface area contributed by atoms with Gasteiger partial charge in [0.25, 0.3) is 0 Å². The zero-order valence-corrected chi connectivity index (χ0v) is 41.6. The lowest BCUT2D eigenvalue weighted by Gasteiger charge is -2.23. The lowest BCUT2D eigenvalue weighted by molar-refractivity contribution is -0.134. The molecule has 376 valence electrons. The molecule has 5 amide bonds. The van der Waals surface area contributed by atoms with Gasteiger partial charge in [-0.3, -0.25) is 29.0 Å². The maximum Gasteiger partial charge on any atom is 0.240 e. The number of aliphatic imine (C=N–C) groups is 1. The van der Waals surface area contributed by atoms with Gasteiger partial charge in [-0.15, -0.1) is 0 Å². The Morgan fingerprint density at radius 2 is 0.877 bits per heavy atom. The molecular formula is C52H98N8O5. The molecule has 0 fully saturated rings. The van der Waals surface area contributed by atoms with Gasteiger partial charge in [0.2, 0.25) is 29.5 Å². The van der Waals surface area contributed by atoms with Crippen LogP contribution in [0.5, 0.6) is 0 Å². The van der Waals surface area contributed by atoms with Gasteiger partial charge in [0.05, 0.1) is 0 Å². The number of hydrogen-bond donors (Lipinski definition) is 6. The zero-order chi connectivity index (χ0) is 47.9. The zero-order valence-electron chi connectivity index (χ0n) is 41.6. The second-order valence-electron chi connectivity index (χ2n) is 17.9. The number of amides is 5. The largest absolute Gasteiger partial charge is 0.370 e. The predicted molar refractivity (Wildman–Crippen MR) is 271 cm³/mol. The minimum atomic E-state index is -0.895. The van der Waals surface area contributed by atoms with Crippen LogP contribution in [0.4, 0.5) is 0 Å². The first-order valence-corrected chi connectivity index (χ1v) is 26.4. The molecule has 0 rings (SSSR count). The number of nitrogens with one attached hydrogen (secondary N) is 3. The van der Waals surface area contributed by atoms with Crippen molar-refractivity contribution in [2.75, 3.05) is 32.7 Å². The van der Waals surface area contributed by atoms with Crippen LogP contribution in [0.2, 0.25) is 0 Å². The highest BCUT2D eigenvalue weighted by Crippen LogP contribution is 2.12. The third-order valence-electron chi connectivity index (χ3n) is 11.7. The molecule has 0 saturated heterocycles. The summed E-state index contributed by atoms with van der Waals surface area (Å²) < 4.78 is 0. The molecular weight excluding hydrogens is 817 g/mol. The number of nitrogens with zero attached hydrogens (tertiary/aromatic N) is 2. The second kappa shape index (κ2) is 46.6. The molecule has 0 aliphatic carbocycles. The number of allylic oxidation sites excluding steroid dienone is 4. The fraction of sp³-hybridized carbons (Fsp3) is 0.808. The summed E-state index contributed by atoms with van der Waals surface area (Å²) in [5.74, 6) is -1.34. The van der Waals surface area contributed by atoms with Crippen LogP contribution in [-0.4, -0.2) is 79.2 Å². The average Bonchev–Trinajstić information content (AvgIpc) is 3.28. The number of guanidine groups is 1. The van der Waals surface area contributed by atoms with Gasteiger partial charge in [-0.1, -0.05) is 141 Å². The van der Waals surface area contributed by atoms with Crippen LogP contribution >= 0.6 is 0 Å². The van der Waals surface area contributed by atoms with E-state index in [1.165, 1.54) is 116 Å². The van der Waals surface area contributed by atoms with E-state index in [0.29, 0.717) is 64.8 Å². The molecule has 0 unspecified atom stereocenters. The fourth-order valence-electron chi connectivity index (χ4n) is 7.68. The summed E-state index contributed by atoms with van der Waals surface area (Å²) in [5.41, 5.74) is 16.2. The lowest BCUT2D eigenvalue weighted by atomic mass is 10.1. The van der Waals surface area contributed by atoms with Crippen molar-refractivity contribution in [2.24, 2.45) is 22.2 Å². The standard InChI is InChI=1S/C52H98N8O5/c1-3-5-7-9-11-13-15-17-19-21-23-25-27-29-31-37-47(61)56-42-34-44-60(50(64)40-39-49(63)59-46(51(53)65)36-33-41-58-52(54)55)45-35-43-57-48(62)38-32-30-28-26-24-22-20-18-16-14-12-10-8-6-4-2/h17-20,46H,3-16,21-45H2,1-2H3,(H2,53,65)(H,56,61)(H,57,62)(H,59,63)(H4,54,55,58)/b19-17-,20-18-/t46-/m0/s1. The van der Waals surface area contributed by atoms with Crippen LogP contribution in [0.25, 0.3) is 0 Å². The van der Waals surface area contributed by atoms with Crippen LogP contribution in [0.3, 0.4) is 0 Å². The normalized spacial score (nSPS) is 11.8. The van der Waals surface area contributed by atoms with Crippen molar-refractivity contribution < 1.29 is 24.0 Å². The van der Waals surface area contributed by atoms with E-state index in [4.69, 9.17) is 17.2 Å². The van der Waals surface area contributed by atoms with E-state index in [2.05, 4.69) is 59.1 Å². The van der Waals surface area contributed by atoms with Gasteiger partial charge >= 0.3 is 0 Å². The van der Waals surface area contributed by atoms with E-state index in [1.54, 1.807) is 4.90 Å². The van der Waals surface area contributed by atoms with E-state index in [9.17, 15) is 24.0 Å². The average molecular weight is 915 g/mol. The number of carbonyl (C=O) groups is 5. The summed E-state index contributed by atoms with van der Waals surface area (Å²) in [5, 5.41) is 8.62. The van der Waals surface area contributed by atoms with E-state index in [-0.39, 0.29) is 42.9 Å². The van der Waals surface area contributed by atoms with E-state index in [0.717, 1.165) is 51.4 Å². The van der Waals surface area contributed by atoms with Gasteiger partial charge in [0.15, 0.2) is 5.96 Å². The Balaban J connectivity index is 4.59. The maximum atomic E-state index is 13.4. The molecule has 0 saturated carbocycles. The van der Waals surface area contributed by atoms with Crippen molar-refractivity contribution in [3.05, 3.63) is 24.3 Å². The van der Waals surface area contributed by atoms with Gasteiger partial charge in [0.1, 0.15) is 6.04 Å². The first-order chi connectivity index (χ1) is 31.6. The highest BCUT2D eigenvalue weighted by Gasteiger charge is 2.20. The number of carbonyl (C=O) groups excluding carboxylic acids is 5. The first kappa shape index (κ1) is 61.1. The third kappa shape index (κ3) is 43.7. The van der Waals surface area contributed by atoms with Crippen LogP contribution in [-0.2, 0) is 24.0 Å². The molecule has 0 heterocycles. The highest BCUT2D eigenvalue weighted by molar-refractivity contribution is 5.88. The van der Waals surface area contributed by atoms with Gasteiger partial charge in [-0.05, 0) is 89.9 Å². The monoisotopic (exact) mass is 915 g/mol. The van der Waals surface area contributed by atoms with Gasteiger partial charge < -0.3 is 38.1 Å². The number of rotatable bonds is 47. The Labute approximate surface area is 396 Å². The molecule has 13 heteroatoms. The van der Waals surface area contributed by atoms with Crippen LogP contribution < -0.4 is 33.2 Å². The first-order valence-electron chi connectivity index (χ1n) is 26.4. The van der Waals surface area contributed by atoms with Crippen molar-refractivity contribution in [3.63, 3.8) is 0 Å². The molecule has 0 aromatic carbocycles. The summed E-state index contributed by atoms with van der Waals surface area (Å²) in [6.07, 6.45) is 43.5. The molecule has 9 N–H and O–H groups in total. The summed E-state index contributed by atoms with van der Waals surface area (Å²) in [7, 11) is 0. The van der Waals surface area contributed by atoms with Crippen molar-refractivity contribution >= 4 is 35.5 Å². The molecule has 0 aliphatic heterocycles. The van der Waals surface area contributed by atoms with Crippen LogP contribution in [0, 0.1) is 0 Å². The Bertz CT molecular complexity index is 1230. The van der Waals surface area contributed by atoms with Crippen LogP contribution in [0.1, 0.15) is 232 Å². The quantitative estimate of drug-likeness (QED) is 0.0150. The smallest absolute Gasteiger partial charge is 0.240 e. The Morgan fingerprint density at radius 3 is 1.28 bits per heavy atom. The molecule has 13 nitrogen and oxygen atoms in total. The molecule has 0 spiro atoms. The number of hydrogen-bond acceptors (Lipinski definition) is 6. The highest BCUT2D eigenvalue weighted by atomic mass is 16.2.